The van der Waals surface area contributed by atoms with Crippen molar-refractivity contribution in [2.45, 2.75) is 13.0 Å². The van der Waals surface area contributed by atoms with Gasteiger partial charge in [0.2, 0.25) is 5.43 Å². The number of fused-ring (bicyclic) bond motifs is 4. The number of carbonyl (C=O) groups excluding carboxylic acids is 1. The van der Waals surface area contributed by atoms with Crippen LogP contribution in [-0.2, 0) is 6.54 Å². The second kappa shape index (κ2) is 10.0. The number of anilines is 1. The van der Waals surface area contributed by atoms with Gasteiger partial charge in [-0.2, -0.15) is 0 Å². The summed E-state index contributed by atoms with van der Waals surface area (Å²) in [7, 11) is 2.01. The molecule has 4 heterocycles. The fourth-order valence-electron chi connectivity index (χ4n) is 5.77. The highest BCUT2D eigenvalue weighted by Gasteiger charge is 2.31. The predicted molar refractivity (Wildman–Crippen MR) is 156 cm³/mol. The molecule has 1 N–H and O–H groups in total. The molecule has 0 spiro atoms. The smallest absolute Gasteiger partial charge is 0.259 e. The van der Waals surface area contributed by atoms with Crippen molar-refractivity contribution in [2.24, 2.45) is 0 Å². The summed E-state index contributed by atoms with van der Waals surface area (Å²) in [6.07, 6.45) is 7.68. The number of nitrogens with zero attached hydrogens (tertiary/aromatic N) is 5. The molecule has 1 fully saturated rings. The van der Waals surface area contributed by atoms with E-state index in [1.807, 2.05) is 58.8 Å². The summed E-state index contributed by atoms with van der Waals surface area (Å²) in [5.41, 5.74) is 0.861. The van der Waals surface area contributed by atoms with Gasteiger partial charge in [0.05, 0.1) is 17.4 Å². The van der Waals surface area contributed by atoms with Crippen LogP contribution in [0, 0.1) is 5.82 Å². The zero-order chi connectivity index (χ0) is 28.1. The fourth-order valence-corrected chi connectivity index (χ4v) is 5.77. The largest absolute Gasteiger partial charge is 0.451 e. The van der Waals surface area contributed by atoms with Crippen molar-refractivity contribution < 1.29 is 13.9 Å². The third kappa shape index (κ3) is 4.31. The van der Waals surface area contributed by atoms with Crippen molar-refractivity contribution in [2.75, 3.05) is 45.1 Å². The highest BCUT2D eigenvalue weighted by atomic mass is 19.1. The Labute approximate surface area is 235 Å². The maximum absolute atomic E-state index is 15.8. The first kappa shape index (κ1) is 25.3. The van der Waals surface area contributed by atoms with Crippen LogP contribution in [0.4, 0.5) is 10.1 Å². The number of nitrogens with one attached hydrogen (secondary N) is 1. The highest BCUT2D eigenvalue weighted by molar-refractivity contribution is 6.04. The first-order valence-electron chi connectivity index (χ1n) is 13.8. The van der Waals surface area contributed by atoms with Gasteiger partial charge < -0.3 is 29.0 Å². The number of hydrogen-bond acceptors (Lipinski definition) is 6. The Bertz CT molecular complexity index is 1860. The molecule has 7 rings (SSSR count). The Balaban J connectivity index is 1.38. The number of benzene rings is 3. The zero-order valence-corrected chi connectivity index (χ0v) is 22.6. The van der Waals surface area contributed by atoms with E-state index in [0.717, 1.165) is 36.8 Å². The quantitative estimate of drug-likeness (QED) is 0.307. The molecule has 3 aromatic carbocycles. The molecule has 0 unspecified atom stereocenters. The molecule has 0 saturated carbocycles. The molecule has 1 amide bonds. The second-order valence-electron chi connectivity index (χ2n) is 10.6. The molecule has 10 heteroatoms. The Morgan fingerprint density at radius 3 is 2.73 bits per heavy atom. The van der Waals surface area contributed by atoms with Gasteiger partial charge in [0, 0.05) is 63.2 Å². The van der Waals surface area contributed by atoms with E-state index in [0.29, 0.717) is 36.6 Å². The van der Waals surface area contributed by atoms with Crippen LogP contribution < -0.4 is 15.5 Å². The average molecular weight is 553 g/mol. The number of carbonyl (C=O) groups is 1. The monoisotopic (exact) mass is 552 g/mol. The fraction of sp³-hybridized carbons (Fsp3) is 0.258. The third-order valence-electron chi connectivity index (χ3n) is 7.99. The van der Waals surface area contributed by atoms with Crippen LogP contribution in [0.15, 0.2) is 72.2 Å². The van der Waals surface area contributed by atoms with E-state index >= 15 is 4.39 Å². The molecule has 2 aromatic heterocycles. The molecule has 1 saturated heterocycles. The third-order valence-corrected chi connectivity index (χ3v) is 7.99. The molecular weight excluding hydrogens is 523 g/mol. The van der Waals surface area contributed by atoms with Crippen molar-refractivity contribution >= 4 is 33.3 Å². The van der Waals surface area contributed by atoms with Crippen molar-refractivity contribution in [3.8, 4) is 17.2 Å². The second-order valence-corrected chi connectivity index (χ2v) is 10.6. The van der Waals surface area contributed by atoms with E-state index in [9.17, 15) is 9.59 Å². The number of pyridine rings is 1. The van der Waals surface area contributed by atoms with Crippen LogP contribution >= 0.6 is 0 Å². The number of imidazole rings is 1. The van der Waals surface area contributed by atoms with E-state index in [4.69, 9.17) is 4.74 Å². The molecule has 9 nitrogen and oxygen atoms in total. The van der Waals surface area contributed by atoms with Crippen molar-refractivity contribution in [1.29, 1.82) is 0 Å². The van der Waals surface area contributed by atoms with E-state index in [1.54, 1.807) is 23.6 Å². The minimum absolute atomic E-state index is 0.0224. The van der Waals surface area contributed by atoms with Crippen LogP contribution in [0.5, 0.6) is 11.5 Å². The minimum Gasteiger partial charge on any atom is -0.451 e. The summed E-state index contributed by atoms with van der Waals surface area (Å²) in [6, 6.07) is 12.9. The number of rotatable bonds is 6. The van der Waals surface area contributed by atoms with Crippen LogP contribution in [-0.4, -0.2) is 69.6 Å². The molecule has 2 aliphatic heterocycles. The van der Waals surface area contributed by atoms with Crippen molar-refractivity contribution in [3.05, 3.63) is 89.0 Å². The van der Waals surface area contributed by atoms with Gasteiger partial charge in [-0.25, -0.2) is 9.37 Å². The Hall–Kier alpha value is -4.70. The van der Waals surface area contributed by atoms with Crippen LogP contribution in [0.1, 0.15) is 16.8 Å². The minimum atomic E-state index is -0.604. The molecule has 208 valence electrons. The van der Waals surface area contributed by atoms with Gasteiger partial charge in [-0.1, -0.05) is 30.3 Å². The van der Waals surface area contributed by atoms with Gasteiger partial charge >= 0.3 is 0 Å². The SMILES string of the molecule is CN1CCN(C(=O)c2cn3c4c(c(NCCCn5ccnc5)c(F)cc4c2=O)Oc2ccc4ccccc4c2-3)CC1. The number of ether oxygens (including phenoxy) is 1. The van der Waals surface area contributed by atoms with Gasteiger partial charge in [0.15, 0.2) is 17.3 Å². The molecular formula is C31H29FN6O3. The molecule has 41 heavy (non-hydrogen) atoms. The summed E-state index contributed by atoms with van der Waals surface area (Å²) >= 11 is 0. The molecule has 2 aliphatic rings. The van der Waals surface area contributed by atoms with E-state index in [2.05, 4.69) is 15.2 Å². The predicted octanol–water partition coefficient (Wildman–Crippen LogP) is 4.48. The normalized spacial score (nSPS) is 14.7. The molecule has 0 radical (unpaired) electrons. The summed E-state index contributed by atoms with van der Waals surface area (Å²) in [4.78, 5) is 35.4. The topological polar surface area (TPSA) is 84.6 Å². The molecule has 5 aromatic rings. The maximum Gasteiger partial charge on any atom is 0.259 e. The van der Waals surface area contributed by atoms with Crippen LogP contribution in [0.3, 0.4) is 0 Å². The first-order chi connectivity index (χ1) is 20.0. The number of hydrogen-bond donors (Lipinski definition) is 1. The standard InChI is InChI=1S/C31H29FN6O3/c1-35-13-15-37(16-14-35)31(40)23-18-38-27-21-6-3-2-5-20(21)7-8-25(27)41-30-26(24(32)17-22(28(30)38)29(23)39)34-9-4-11-36-12-10-33-19-36/h2-3,5-8,10,12,17-19,34H,4,9,11,13-16H2,1H3. The highest BCUT2D eigenvalue weighted by Crippen LogP contribution is 2.47. The number of aromatic nitrogens is 3. The zero-order valence-electron chi connectivity index (χ0n) is 22.6. The van der Waals surface area contributed by atoms with Crippen LogP contribution in [0.25, 0.3) is 27.4 Å². The summed E-state index contributed by atoms with van der Waals surface area (Å²) < 4.78 is 25.9. The summed E-state index contributed by atoms with van der Waals surface area (Å²) in [5.74, 6) is -0.190. The van der Waals surface area contributed by atoms with E-state index < -0.39 is 11.2 Å². The first-order valence-corrected chi connectivity index (χ1v) is 13.8. The number of aryl methyl sites for hydroxylation is 1. The van der Waals surface area contributed by atoms with Crippen molar-refractivity contribution in [1.82, 2.24) is 23.9 Å². The molecule has 0 bridgehead atoms. The average Bonchev–Trinajstić information content (AvgIpc) is 3.51. The summed E-state index contributed by atoms with van der Waals surface area (Å²) in [6.45, 7) is 3.70. The Morgan fingerprint density at radius 1 is 1.10 bits per heavy atom. The Morgan fingerprint density at radius 2 is 1.93 bits per heavy atom. The molecule has 0 aliphatic carbocycles. The van der Waals surface area contributed by atoms with Gasteiger partial charge in [-0.15, -0.1) is 0 Å². The van der Waals surface area contributed by atoms with Gasteiger partial charge in [0.1, 0.15) is 16.8 Å². The lowest BCUT2D eigenvalue weighted by Crippen LogP contribution is -2.48. The van der Waals surface area contributed by atoms with Crippen molar-refractivity contribution in [3.63, 3.8) is 0 Å². The maximum atomic E-state index is 15.8. The summed E-state index contributed by atoms with van der Waals surface area (Å²) in [5, 5.41) is 5.20. The van der Waals surface area contributed by atoms with Gasteiger partial charge in [-0.05, 0) is 31.0 Å². The Kier molecular flexibility index (Phi) is 6.19. The lowest BCUT2D eigenvalue weighted by Gasteiger charge is -2.33. The number of halogens is 1. The van der Waals surface area contributed by atoms with Gasteiger partial charge in [-0.3, -0.25) is 9.59 Å². The number of piperazine rings is 1. The molecule has 0 atom stereocenters. The lowest BCUT2D eigenvalue weighted by molar-refractivity contribution is 0.0662. The van der Waals surface area contributed by atoms with Crippen LogP contribution in [0.2, 0.25) is 0 Å². The van der Waals surface area contributed by atoms with E-state index in [-0.39, 0.29) is 28.3 Å². The van der Waals surface area contributed by atoms with Gasteiger partial charge in [0.25, 0.3) is 5.91 Å². The number of amides is 1. The lowest BCUT2D eigenvalue weighted by atomic mass is 10.0. The number of likely N-dealkylation sites (N-methyl/N-ethyl adjacent to an activating group) is 1. The van der Waals surface area contributed by atoms with E-state index in [1.165, 1.54) is 6.07 Å².